The zero-order chi connectivity index (χ0) is 16.5. The molecule has 4 nitrogen and oxygen atoms in total. The first-order valence-corrected chi connectivity index (χ1v) is 9.77. The van der Waals surface area contributed by atoms with Crippen molar-refractivity contribution in [1.29, 1.82) is 0 Å². The van der Waals surface area contributed by atoms with Crippen molar-refractivity contribution >= 4 is 27.4 Å². The highest BCUT2D eigenvalue weighted by molar-refractivity contribution is 7.19. The highest BCUT2D eigenvalue weighted by Crippen LogP contribution is 2.39. The topological polar surface area (TPSA) is 32.3 Å². The van der Waals surface area contributed by atoms with Crippen LogP contribution in [0, 0.1) is 19.3 Å². The van der Waals surface area contributed by atoms with Crippen molar-refractivity contribution < 1.29 is 0 Å². The lowest BCUT2D eigenvalue weighted by Crippen LogP contribution is -2.47. The first-order valence-electron chi connectivity index (χ1n) is 8.96. The number of aryl methyl sites for hydroxylation is 3. The number of hydrogen-bond donors (Lipinski definition) is 0. The van der Waals surface area contributed by atoms with E-state index in [9.17, 15) is 0 Å². The van der Waals surface area contributed by atoms with Crippen LogP contribution in [0.5, 0.6) is 0 Å². The number of thiophene rings is 1. The van der Waals surface area contributed by atoms with Crippen LogP contribution in [0.15, 0.2) is 0 Å². The summed E-state index contributed by atoms with van der Waals surface area (Å²) >= 11 is 1.89. The SMILES string of the molecule is C#CCCN1CCN(c2nc(C)nc3sc4c(c23)CCCC4)CC1. The minimum Gasteiger partial charge on any atom is -0.353 e. The Morgan fingerprint density at radius 1 is 1.12 bits per heavy atom. The molecule has 2 aromatic heterocycles. The molecule has 126 valence electrons. The number of rotatable bonds is 3. The molecule has 4 rings (SSSR count). The van der Waals surface area contributed by atoms with Crippen LogP contribution in [0.4, 0.5) is 5.82 Å². The van der Waals surface area contributed by atoms with Crippen molar-refractivity contribution in [2.24, 2.45) is 0 Å². The average molecular weight is 340 g/mol. The van der Waals surface area contributed by atoms with Crippen LogP contribution < -0.4 is 4.90 Å². The Hall–Kier alpha value is -1.64. The predicted molar refractivity (Wildman–Crippen MR) is 101 cm³/mol. The normalized spacial score (nSPS) is 18.6. The van der Waals surface area contributed by atoms with E-state index in [1.807, 2.05) is 18.3 Å². The molecule has 1 aliphatic carbocycles. The van der Waals surface area contributed by atoms with Gasteiger partial charge in [-0.25, -0.2) is 9.97 Å². The molecule has 0 aromatic carbocycles. The molecule has 2 aliphatic rings. The maximum atomic E-state index is 5.39. The van der Waals surface area contributed by atoms with Gasteiger partial charge in [-0.15, -0.1) is 23.7 Å². The third-order valence-electron chi connectivity index (χ3n) is 5.15. The Kier molecular flexibility index (Phi) is 4.43. The van der Waals surface area contributed by atoms with Crippen molar-refractivity contribution in [2.75, 3.05) is 37.6 Å². The number of fused-ring (bicyclic) bond motifs is 3. The fourth-order valence-electron chi connectivity index (χ4n) is 3.88. The van der Waals surface area contributed by atoms with Gasteiger partial charge in [0.25, 0.3) is 0 Å². The summed E-state index contributed by atoms with van der Waals surface area (Å²) in [5.74, 6) is 4.81. The summed E-state index contributed by atoms with van der Waals surface area (Å²) < 4.78 is 0. The van der Waals surface area contributed by atoms with E-state index in [0.717, 1.165) is 45.0 Å². The van der Waals surface area contributed by atoms with E-state index in [0.29, 0.717) is 0 Å². The van der Waals surface area contributed by atoms with Crippen LogP contribution in [0.1, 0.15) is 35.5 Å². The van der Waals surface area contributed by atoms with Gasteiger partial charge in [-0.05, 0) is 38.2 Å². The highest BCUT2D eigenvalue weighted by atomic mass is 32.1. The largest absolute Gasteiger partial charge is 0.353 e. The van der Waals surface area contributed by atoms with Gasteiger partial charge < -0.3 is 4.90 Å². The number of aromatic nitrogens is 2. The lowest BCUT2D eigenvalue weighted by Gasteiger charge is -2.35. The monoisotopic (exact) mass is 340 g/mol. The van der Waals surface area contributed by atoms with Gasteiger partial charge in [-0.1, -0.05) is 0 Å². The van der Waals surface area contributed by atoms with Gasteiger partial charge >= 0.3 is 0 Å². The van der Waals surface area contributed by atoms with Crippen LogP contribution in [0.25, 0.3) is 10.2 Å². The quantitative estimate of drug-likeness (QED) is 0.804. The van der Waals surface area contributed by atoms with Gasteiger partial charge in [-0.3, -0.25) is 4.90 Å². The maximum absolute atomic E-state index is 5.39. The van der Waals surface area contributed by atoms with E-state index in [1.54, 1.807) is 4.88 Å². The van der Waals surface area contributed by atoms with E-state index in [2.05, 4.69) is 15.7 Å². The molecule has 0 amide bonds. The maximum Gasteiger partial charge on any atom is 0.141 e. The van der Waals surface area contributed by atoms with Crippen LogP contribution in [0.3, 0.4) is 0 Å². The Bertz CT molecular complexity index is 781. The molecule has 0 bridgehead atoms. The van der Waals surface area contributed by atoms with Crippen molar-refractivity contribution in [3.05, 3.63) is 16.3 Å². The van der Waals surface area contributed by atoms with E-state index in [-0.39, 0.29) is 0 Å². The molecule has 0 atom stereocenters. The van der Waals surface area contributed by atoms with Crippen LogP contribution in [-0.2, 0) is 12.8 Å². The smallest absolute Gasteiger partial charge is 0.141 e. The molecule has 0 radical (unpaired) electrons. The first kappa shape index (κ1) is 15.9. The van der Waals surface area contributed by atoms with E-state index in [1.165, 1.54) is 47.3 Å². The van der Waals surface area contributed by atoms with Gasteiger partial charge in [0.2, 0.25) is 0 Å². The lowest BCUT2D eigenvalue weighted by molar-refractivity contribution is 0.263. The predicted octanol–water partition coefficient (Wildman–Crippen LogP) is 3.02. The second kappa shape index (κ2) is 6.70. The summed E-state index contributed by atoms with van der Waals surface area (Å²) in [6.45, 7) is 7.22. The zero-order valence-electron chi connectivity index (χ0n) is 14.3. The van der Waals surface area contributed by atoms with Crippen molar-refractivity contribution in [1.82, 2.24) is 14.9 Å². The van der Waals surface area contributed by atoms with Crippen LogP contribution >= 0.6 is 11.3 Å². The number of piperazine rings is 1. The Morgan fingerprint density at radius 3 is 2.71 bits per heavy atom. The average Bonchev–Trinajstić information content (AvgIpc) is 2.97. The zero-order valence-corrected chi connectivity index (χ0v) is 15.2. The minimum absolute atomic E-state index is 0.842. The lowest BCUT2D eigenvalue weighted by atomic mass is 9.97. The molecule has 0 N–H and O–H groups in total. The van der Waals surface area contributed by atoms with E-state index >= 15 is 0 Å². The van der Waals surface area contributed by atoms with E-state index < -0.39 is 0 Å². The van der Waals surface area contributed by atoms with Crippen LogP contribution in [0.2, 0.25) is 0 Å². The molecule has 2 aromatic rings. The second-order valence-corrected chi connectivity index (χ2v) is 7.85. The number of anilines is 1. The standard InChI is InChI=1S/C19H24N4S/c1-3-4-9-22-10-12-23(13-11-22)18-17-15-7-5-6-8-16(15)24-19(17)21-14(2)20-18/h1H,4-13H2,2H3. The molecule has 0 spiro atoms. The van der Waals surface area contributed by atoms with Gasteiger partial charge in [0.05, 0.1) is 5.39 Å². The van der Waals surface area contributed by atoms with E-state index in [4.69, 9.17) is 16.4 Å². The summed E-state index contributed by atoms with van der Waals surface area (Å²) in [4.78, 5) is 17.3. The fraction of sp³-hybridized carbons (Fsp3) is 0.579. The summed E-state index contributed by atoms with van der Waals surface area (Å²) in [6, 6.07) is 0. The van der Waals surface area contributed by atoms with Gasteiger partial charge in [-0.2, -0.15) is 0 Å². The molecule has 1 saturated heterocycles. The van der Waals surface area contributed by atoms with Crippen molar-refractivity contribution in [3.8, 4) is 12.3 Å². The molecule has 5 heteroatoms. The minimum atomic E-state index is 0.842. The summed E-state index contributed by atoms with van der Waals surface area (Å²) in [7, 11) is 0. The third kappa shape index (κ3) is 2.89. The number of nitrogens with zero attached hydrogens (tertiary/aromatic N) is 4. The van der Waals surface area contributed by atoms with Crippen molar-refractivity contribution in [3.63, 3.8) is 0 Å². The molecular formula is C19H24N4S. The Balaban J connectivity index is 1.65. The highest BCUT2D eigenvalue weighted by Gasteiger charge is 2.25. The van der Waals surface area contributed by atoms with Crippen LogP contribution in [-0.4, -0.2) is 47.6 Å². The molecule has 0 unspecified atom stereocenters. The van der Waals surface area contributed by atoms with Gasteiger partial charge in [0.15, 0.2) is 0 Å². The molecule has 1 fully saturated rings. The molecule has 24 heavy (non-hydrogen) atoms. The Labute approximate surface area is 147 Å². The van der Waals surface area contributed by atoms with Crippen molar-refractivity contribution in [2.45, 2.75) is 39.0 Å². The molecular weight excluding hydrogens is 316 g/mol. The molecule has 3 heterocycles. The molecule has 0 saturated carbocycles. The molecule has 1 aliphatic heterocycles. The summed E-state index contributed by atoms with van der Waals surface area (Å²) in [5, 5.41) is 1.34. The second-order valence-electron chi connectivity index (χ2n) is 6.77. The Morgan fingerprint density at radius 2 is 1.92 bits per heavy atom. The van der Waals surface area contributed by atoms with Gasteiger partial charge in [0.1, 0.15) is 16.5 Å². The first-order chi connectivity index (χ1) is 11.8. The van der Waals surface area contributed by atoms with Gasteiger partial charge in [0, 0.05) is 44.0 Å². The summed E-state index contributed by atoms with van der Waals surface area (Å²) in [5.41, 5.74) is 1.53. The number of terminal acetylenes is 1. The number of hydrogen-bond acceptors (Lipinski definition) is 5. The fourth-order valence-corrected chi connectivity index (χ4v) is 5.18. The summed E-state index contributed by atoms with van der Waals surface area (Å²) in [6.07, 6.45) is 11.3. The third-order valence-corrected chi connectivity index (χ3v) is 6.34.